The molecule has 7 nitrogen and oxygen atoms in total. The number of nitrogens with zero attached hydrogens (tertiary/aromatic N) is 2. The number of hydrogen-bond donors (Lipinski definition) is 1. The largest absolute Gasteiger partial charge is 0.495 e. The molecule has 31 heavy (non-hydrogen) atoms. The molecule has 0 bridgehead atoms. The van der Waals surface area contributed by atoms with Crippen molar-refractivity contribution in [1.29, 1.82) is 0 Å². The molecule has 0 radical (unpaired) electrons. The van der Waals surface area contributed by atoms with Crippen molar-refractivity contribution in [3.63, 3.8) is 0 Å². The standard InChI is InChI=1S/C22H28ClN3O4S/c1-16(26(31(3,28)29)20-14-18(23)8-11-21(20)30-2)22(27)24-15-17-6-9-19(10-7-17)25-12-4-5-13-25/h6-11,14,16H,4-5,12-13,15H2,1-3H3,(H,24,27). The number of amides is 1. The minimum atomic E-state index is -3.78. The minimum absolute atomic E-state index is 0.218. The minimum Gasteiger partial charge on any atom is -0.495 e. The van der Waals surface area contributed by atoms with Crippen LogP contribution in [0.3, 0.4) is 0 Å². The number of ether oxygens (including phenoxy) is 1. The molecular formula is C22H28ClN3O4S. The normalized spacial score (nSPS) is 14.9. The van der Waals surface area contributed by atoms with Gasteiger partial charge in [-0.3, -0.25) is 9.10 Å². The fourth-order valence-electron chi connectivity index (χ4n) is 3.75. The van der Waals surface area contributed by atoms with Gasteiger partial charge < -0.3 is 15.0 Å². The SMILES string of the molecule is COc1ccc(Cl)cc1N(C(C)C(=O)NCc1ccc(N2CCCC2)cc1)S(C)(=O)=O. The van der Waals surface area contributed by atoms with Crippen molar-refractivity contribution in [1.82, 2.24) is 5.32 Å². The van der Waals surface area contributed by atoms with Crippen LogP contribution in [0.4, 0.5) is 11.4 Å². The van der Waals surface area contributed by atoms with Crippen LogP contribution in [0.1, 0.15) is 25.3 Å². The van der Waals surface area contributed by atoms with E-state index >= 15 is 0 Å². The lowest BCUT2D eigenvalue weighted by Gasteiger charge is -2.29. The summed E-state index contributed by atoms with van der Waals surface area (Å²) in [5.74, 6) is -0.108. The van der Waals surface area contributed by atoms with Gasteiger partial charge >= 0.3 is 0 Å². The third-order valence-corrected chi connectivity index (χ3v) is 6.80. The van der Waals surface area contributed by atoms with Gasteiger partial charge in [-0.05, 0) is 55.7 Å². The molecule has 168 valence electrons. The van der Waals surface area contributed by atoms with E-state index in [4.69, 9.17) is 16.3 Å². The Bertz CT molecular complexity index is 1020. The fourth-order valence-corrected chi connectivity index (χ4v) is 5.09. The van der Waals surface area contributed by atoms with Crippen molar-refractivity contribution in [3.8, 4) is 5.75 Å². The quantitative estimate of drug-likeness (QED) is 0.646. The number of nitrogens with one attached hydrogen (secondary N) is 1. The Kier molecular flexibility index (Phi) is 7.33. The molecule has 1 atom stereocenters. The van der Waals surface area contributed by atoms with Gasteiger partial charge in [-0.1, -0.05) is 23.7 Å². The zero-order chi connectivity index (χ0) is 22.6. The van der Waals surface area contributed by atoms with Crippen molar-refractivity contribution >= 4 is 38.9 Å². The predicted octanol–water partition coefficient (Wildman–Crippen LogP) is 3.42. The number of sulfonamides is 1. The molecule has 2 aromatic rings. The summed E-state index contributed by atoms with van der Waals surface area (Å²) in [6.45, 7) is 3.98. The van der Waals surface area contributed by atoms with Crippen LogP contribution >= 0.6 is 11.6 Å². The van der Waals surface area contributed by atoms with Crippen molar-refractivity contribution in [2.24, 2.45) is 0 Å². The number of carbonyl (C=O) groups is 1. The van der Waals surface area contributed by atoms with Crippen molar-refractivity contribution in [2.45, 2.75) is 32.4 Å². The lowest BCUT2D eigenvalue weighted by Crippen LogP contribution is -2.47. The van der Waals surface area contributed by atoms with Crippen LogP contribution in [0.2, 0.25) is 5.02 Å². The lowest BCUT2D eigenvalue weighted by atomic mass is 10.2. The molecule has 1 fully saturated rings. The Morgan fingerprint density at radius 2 is 1.84 bits per heavy atom. The molecule has 1 unspecified atom stereocenters. The summed E-state index contributed by atoms with van der Waals surface area (Å²) in [5.41, 5.74) is 2.34. The van der Waals surface area contributed by atoms with Gasteiger partial charge in [0.05, 0.1) is 19.1 Å². The Balaban J connectivity index is 1.73. The van der Waals surface area contributed by atoms with E-state index in [-0.39, 0.29) is 5.69 Å². The first kappa shape index (κ1) is 23.2. The first-order chi connectivity index (χ1) is 14.7. The van der Waals surface area contributed by atoms with Gasteiger partial charge in [-0.25, -0.2) is 8.42 Å². The highest BCUT2D eigenvalue weighted by molar-refractivity contribution is 7.92. The predicted molar refractivity (Wildman–Crippen MR) is 125 cm³/mol. The van der Waals surface area contributed by atoms with Gasteiger partial charge in [-0.15, -0.1) is 0 Å². The first-order valence-corrected chi connectivity index (χ1v) is 12.4. The summed E-state index contributed by atoms with van der Waals surface area (Å²) in [6, 6.07) is 11.7. The van der Waals surface area contributed by atoms with Gasteiger partial charge in [0.1, 0.15) is 11.8 Å². The highest BCUT2D eigenvalue weighted by Gasteiger charge is 2.31. The zero-order valence-electron chi connectivity index (χ0n) is 18.0. The number of hydrogen-bond acceptors (Lipinski definition) is 5. The molecule has 0 spiro atoms. The fraction of sp³-hybridized carbons (Fsp3) is 0.409. The second-order valence-electron chi connectivity index (χ2n) is 7.63. The molecule has 1 aliphatic heterocycles. The molecule has 1 heterocycles. The molecule has 0 aromatic heterocycles. The van der Waals surface area contributed by atoms with Crippen molar-refractivity contribution in [3.05, 3.63) is 53.1 Å². The Labute approximate surface area is 189 Å². The average molecular weight is 466 g/mol. The summed E-state index contributed by atoms with van der Waals surface area (Å²) in [4.78, 5) is 15.2. The molecule has 1 saturated heterocycles. The van der Waals surface area contributed by atoms with Gasteiger partial charge in [0, 0.05) is 30.3 Å². The third-order valence-electron chi connectivity index (χ3n) is 5.34. The molecule has 0 aliphatic carbocycles. The topological polar surface area (TPSA) is 79.0 Å². The van der Waals surface area contributed by atoms with E-state index in [0.717, 1.165) is 29.2 Å². The maximum absolute atomic E-state index is 12.8. The van der Waals surface area contributed by atoms with E-state index < -0.39 is 22.0 Å². The number of methoxy groups -OCH3 is 1. The number of benzene rings is 2. The van der Waals surface area contributed by atoms with E-state index in [1.165, 1.54) is 38.6 Å². The molecule has 1 aliphatic rings. The maximum Gasteiger partial charge on any atom is 0.243 e. The molecule has 1 amide bonds. The van der Waals surface area contributed by atoms with Crippen LogP contribution in [0, 0.1) is 0 Å². The monoisotopic (exact) mass is 465 g/mol. The molecule has 0 saturated carbocycles. The van der Waals surface area contributed by atoms with Gasteiger partial charge in [0.2, 0.25) is 15.9 Å². The summed E-state index contributed by atoms with van der Waals surface area (Å²) >= 11 is 6.07. The highest BCUT2D eigenvalue weighted by atomic mass is 35.5. The number of rotatable bonds is 8. The van der Waals surface area contributed by atoms with Crippen molar-refractivity contribution < 1.29 is 17.9 Å². The molecule has 9 heteroatoms. The van der Waals surface area contributed by atoms with Crippen LogP contribution in [0.25, 0.3) is 0 Å². The Hall–Kier alpha value is -2.45. The highest BCUT2D eigenvalue weighted by Crippen LogP contribution is 2.34. The molecule has 2 aromatic carbocycles. The van der Waals surface area contributed by atoms with Crippen LogP contribution in [-0.2, 0) is 21.4 Å². The van der Waals surface area contributed by atoms with Crippen LogP contribution in [-0.4, -0.2) is 46.8 Å². The maximum atomic E-state index is 12.8. The van der Waals surface area contributed by atoms with Crippen LogP contribution in [0.5, 0.6) is 5.75 Å². The summed E-state index contributed by atoms with van der Waals surface area (Å²) in [5, 5.41) is 3.17. The van der Waals surface area contributed by atoms with Crippen molar-refractivity contribution in [2.75, 3.05) is 35.7 Å². The summed E-state index contributed by atoms with van der Waals surface area (Å²) in [6.07, 6.45) is 3.47. The molecular weight excluding hydrogens is 438 g/mol. The smallest absolute Gasteiger partial charge is 0.243 e. The van der Waals surface area contributed by atoms with E-state index in [1.54, 1.807) is 12.1 Å². The second kappa shape index (κ2) is 9.78. The zero-order valence-corrected chi connectivity index (χ0v) is 19.5. The Morgan fingerprint density at radius 1 is 1.19 bits per heavy atom. The first-order valence-electron chi connectivity index (χ1n) is 10.2. The van der Waals surface area contributed by atoms with Gasteiger partial charge in [0.15, 0.2) is 0 Å². The van der Waals surface area contributed by atoms with Crippen LogP contribution in [0.15, 0.2) is 42.5 Å². The van der Waals surface area contributed by atoms with E-state index in [2.05, 4.69) is 22.3 Å². The second-order valence-corrected chi connectivity index (χ2v) is 9.93. The number of halogens is 1. The Morgan fingerprint density at radius 3 is 2.42 bits per heavy atom. The van der Waals surface area contributed by atoms with E-state index in [0.29, 0.717) is 17.3 Å². The lowest BCUT2D eigenvalue weighted by molar-refractivity contribution is -0.122. The third kappa shape index (κ3) is 5.62. The molecule has 3 rings (SSSR count). The molecule has 1 N–H and O–H groups in total. The number of anilines is 2. The van der Waals surface area contributed by atoms with Gasteiger partial charge in [-0.2, -0.15) is 0 Å². The number of carbonyl (C=O) groups excluding carboxylic acids is 1. The van der Waals surface area contributed by atoms with E-state index in [9.17, 15) is 13.2 Å². The van der Waals surface area contributed by atoms with Gasteiger partial charge in [0.25, 0.3) is 0 Å². The summed E-state index contributed by atoms with van der Waals surface area (Å²) in [7, 11) is -2.35. The van der Waals surface area contributed by atoms with Crippen LogP contribution < -0.4 is 19.3 Å². The van der Waals surface area contributed by atoms with E-state index in [1.807, 2.05) is 12.1 Å². The average Bonchev–Trinajstić information content (AvgIpc) is 3.26. The summed E-state index contributed by atoms with van der Waals surface area (Å²) < 4.78 is 31.4.